The number of carbonyl (C=O) groups is 2. The van der Waals surface area contributed by atoms with Crippen molar-refractivity contribution in [3.8, 4) is 0 Å². The first-order chi connectivity index (χ1) is 6.03. The maximum atomic E-state index is 11.6. The first-order valence-corrected chi connectivity index (χ1v) is 4.64. The molecule has 0 aromatic heterocycles. The number of ketones is 1. The Kier molecular flexibility index (Phi) is 2.74. The van der Waals surface area contributed by atoms with Gasteiger partial charge in [-0.25, -0.2) is 0 Å². The van der Waals surface area contributed by atoms with Gasteiger partial charge in [-0.3, -0.25) is 9.59 Å². The third-order valence-electron chi connectivity index (χ3n) is 2.45. The van der Waals surface area contributed by atoms with Crippen LogP contribution in [0.1, 0.15) is 33.1 Å². The highest BCUT2D eigenvalue weighted by Gasteiger charge is 2.56. The van der Waals surface area contributed by atoms with E-state index in [1.54, 1.807) is 0 Å². The Hall–Kier alpha value is -0.860. The zero-order valence-corrected chi connectivity index (χ0v) is 8.42. The van der Waals surface area contributed by atoms with E-state index in [1.807, 2.05) is 13.8 Å². The molecule has 1 fully saturated rings. The lowest BCUT2D eigenvalue weighted by molar-refractivity contribution is -0.151. The van der Waals surface area contributed by atoms with E-state index in [0.717, 1.165) is 0 Å². The van der Waals surface area contributed by atoms with Crippen molar-refractivity contribution < 1.29 is 14.3 Å². The van der Waals surface area contributed by atoms with E-state index in [2.05, 4.69) is 4.74 Å². The van der Waals surface area contributed by atoms with Crippen molar-refractivity contribution in [2.45, 2.75) is 33.1 Å². The van der Waals surface area contributed by atoms with Gasteiger partial charge in [0.05, 0.1) is 7.11 Å². The summed E-state index contributed by atoms with van der Waals surface area (Å²) < 4.78 is 4.62. The molecule has 3 heteroatoms. The number of methoxy groups -OCH3 is 1. The Morgan fingerprint density at radius 1 is 1.38 bits per heavy atom. The first-order valence-electron chi connectivity index (χ1n) is 4.64. The molecule has 1 aliphatic carbocycles. The van der Waals surface area contributed by atoms with Gasteiger partial charge in [0.2, 0.25) is 0 Å². The highest BCUT2D eigenvalue weighted by atomic mass is 16.5. The molecule has 3 nitrogen and oxygen atoms in total. The third-order valence-corrected chi connectivity index (χ3v) is 2.45. The Balaban J connectivity index is 2.60. The van der Waals surface area contributed by atoms with Gasteiger partial charge < -0.3 is 4.74 Å². The lowest BCUT2D eigenvalue weighted by Crippen LogP contribution is -2.27. The number of esters is 1. The molecule has 0 amide bonds. The summed E-state index contributed by atoms with van der Waals surface area (Å²) >= 11 is 0. The van der Waals surface area contributed by atoms with E-state index in [-0.39, 0.29) is 11.8 Å². The van der Waals surface area contributed by atoms with Crippen LogP contribution in [0.5, 0.6) is 0 Å². The second-order valence-corrected chi connectivity index (χ2v) is 4.09. The second kappa shape index (κ2) is 3.48. The van der Waals surface area contributed by atoms with Crippen LogP contribution >= 0.6 is 0 Å². The van der Waals surface area contributed by atoms with E-state index in [4.69, 9.17) is 0 Å². The molecule has 0 bridgehead atoms. The van der Waals surface area contributed by atoms with Crippen LogP contribution in [0.15, 0.2) is 0 Å². The van der Waals surface area contributed by atoms with Crippen molar-refractivity contribution in [1.29, 1.82) is 0 Å². The van der Waals surface area contributed by atoms with Crippen LogP contribution in [-0.4, -0.2) is 18.9 Å². The lowest BCUT2D eigenvalue weighted by atomic mass is 9.94. The van der Waals surface area contributed by atoms with E-state index in [1.165, 1.54) is 7.11 Å². The normalized spacial score (nSPS) is 18.5. The van der Waals surface area contributed by atoms with E-state index in [9.17, 15) is 9.59 Å². The number of carbonyl (C=O) groups excluding carboxylic acids is 2. The van der Waals surface area contributed by atoms with Crippen LogP contribution in [0, 0.1) is 11.3 Å². The van der Waals surface area contributed by atoms with Gasteiger partial charge in [-0.15, -0.1) is 0 Å². The molecule has 0 aliphatic heterocycles. The van der Waals surface area contributed by atoms with Crippen LogP contribution in [0.3, 0.4) is 0 Å². The monoisotopic (exact) mass is 184 g/mol. The van der Waals surface area contributed by atoms with Gasteiger partial charge in [-0.2, -0.15) is 0 Å². The van der Waals surface area contributed by atoms with E-state index < -0.39 is 5.41 Å². The molecule has 13 heavy (non-hydrogen) atoms. The molecule has 0 unspecified atom stereocenters. The molecular formula is C10H16O3. The van der Waals surface area contributed by atoms with Gasteiger partial charge in [0.1, 0.15) is 11.2 Å². The smallest absolute Gasteiger partial charge is 0.319 e. The summed E-state index contributed by atoms with van der Waals surface area (Å²) in [5.74, 6) is 0.0159. The van der Waals surface area contributed by atoms with E-state index in [0.29, 0.717) is 25.2 Å². The Bertz CT molecular complexity index is 226. The average Bonchev–Trinajstić information content (AvgIpc) is 2.82. The average molecular weight is 184 g/mol. The van der Waals surface area contributed by atoms with Gasteiger partial charge in [0.25, 0.3) is 0 Å². The number of ether oxygens (including phenoxy) is 1. The van der Waals surface area contributed by atoms with Gasteiger partial charge in [0, 0.05) is 6.42 Å². The topological polar surface area (TPSA) is 43.4 Å². The van der Waals surface area contributed by atoms with Crippen molar-refractivity contribution in [2.24, 2.45) is 11.3 Å². The summed E-state index contributed by atoms with van der Waals surface area (Å²) in [5.41, 5.74) is -0.751. The van der Waals surface area contributed by atoms with Crippen LogP contribution in [0.4, 0.5) is 0 Å². The van der Waals surface area contributed by atoms with Gasteiger partial charge >= 0.3 is 5.97 Å². The molecule has 0 aromatic rings. The molecule has 0 heterocycles. The van der Waals surface area contributed by atoms with Crippen molar-refractivity contribution in [3.05, 3.63) is 0 Å². The fourth-order valence-corrected chi connectivity index (χ4v) is 1.48. The van der Waals surface area contributed by atoms with Gasteiger partial charge in [0.15, 0.2) is 0 Å². The number of rotatable bonds is 4. The molecule has 0 atom stereocenters. The molecule has 0 spiro atoms. The molecule has 1 saturated carbocycles. The van der Waals surface area contributed by atoms with Crippen molar-refractivity contribution in [2.75, 3.05) is 7.11 Å². The summed E-state index contributed by atoms with van der Waals surface area (Å²) in [6.45, 7) is 3.95. The Morgan fingerprint density at radius 2 is 1.92 bits per heavy atom. The molecule has 74 valence electrons. The van der Waals surface area contributed by atoms with E-state index >= 15 is 0 Å². The zero-order valence-electron chi connectivity index (χ0n) is 8.42. The van der Waals surface area contributed by atoms with Crippen LogP contribution < -0.4 is 0 Å². The highest BCUT2D eigenvalue weighted by molar-refractivity contribution is 6.06. The predicted octanol–water partition coefficient (Wildman–Crippen LogP) is 1.55. The summed E-state index contributed by atoms with van der Waals surface area (Å²) in [6, 6.07) is 0. The largest absolute Gasteiger partial charge is 0.468 e. The minimum atomic E-state index is -0.751. The summed E-state index contributed by atoms with van der Waals surface area (Å²) in [7, 11) is 1.34. The SMILES string of the molecule is COC(=O)C1(C(=O)CC(C)C)CC1. The number of hydrogen-bond acceptors (Lipinski definition) is 3. The highest BCUT2D eigenvalue weighted by Crippen LogP contribution is 2.48. The summed E-state index contributed by atoms with van der Waals surface area (Å²) in [5, 5.41) is 0. The number of Topliss-reactive ketones (excluding diaryl/α,β-unsaturated/α-hetero) is 1. The molecule has 0 N–H and O–H groups in total. The molecule has 0 saturated heterocycles. The molecule has 1 aliphatic rings. The minimum Gasteiger partial charge on any atom is -0.468 e. The minimum absolute atomic E-state index is 0.0503. The number of hydrogen-bond donors (Lipinski definition) is 0. The molecule has 0 aromatic carbocycles. The summed E-state index contributed by atoms with van der Waals surface area (Å²) in [6.07, 6.45) is 1.82. The molecule has 0 radical (unpaired) electrons. The van der Waals surface area contributed by atoms with Gasteiger partial charge in [-0.05, 0) is 18.8 Å². The Morgan fingerprint density at radius 3 is 2.23 bits per heavy atom. The van der Waals surface area contributed by atoms with Crippen LogP contribution in [0.2, 0.25) is 0 Å². The zero-order chi connectivity index (χ0) is 10.1. The molecule has 1 rings (SSSR count). The Labute approximate surface area is 78.5 Å². The predicted molar refractivity (Wildman–Crippen MR) is 48.1 cm³/mol. The quantitative estimate of drug-likeness (QED) is 0.492. The van der Waals surface area contributed by atoms with Crippen molar-refractivity contribution >= 4 is 11.8 Å². The van der Waals surface area contributed by atoms with Crippen LogP contribution in [-0.2, 0) is 14.3 Å². The second-order valence-electron chi connectivity index (χ2n) is 4.09. The first kappa shape index (κ1) is 10.2. The van der Waals surface area contributed by atoms with Crippen molar-refractivity contribution in [3.63, 3.8) is 0 Å². The molecular weight excluding hydrogens is 168 g/mol. The lowest BCUT2D eigenvalue weighted by Gasteiger charge is -2.12. The maximum Gasteiger partial charge on any atom is 0.319 e. The van der Waals surface area contributed by atoms with Crippen molar-refractivity contribution in [1.82, 2.24) is 0 Å². The fourth-order valence-electron chi connectivity index (χ4n) is 1.48. The fraction of sp³-hybridized carbons (Fsp3) is 0.800. The summed E-state index contributed by atoms with van der Waals surface area (Å²) in [4.78, 5) is 22.9. The van der Waals surface area contributed by atoms with Gasteiger partial charge in [-0.1, -0.05) is 13.8 Å². The standard InChI is InChI=1S/C10H16O3/c1-7(2)6-8(11)10(4-5-10)9(12)13-3/h7H,4-6H2,1-3H3. The van der Waals surface area contributed by atoms with Crippen LogP contribution in [0.25, 0.3) is 0 Å². The maximum absolute atomic E-state index is 11.6. The third kappa shape index (κ3) is 1.90.